The van der Waals surface area contributed by atoms with Gasteiger partial charge in [0.15, 0.2) is 0 Å². The highest BCUT2D eigenvalue weighted by Crippen LogP contribution is 2.33. The molecule has 0 unspecified atom stereocenters. The summed E-state index contributed by atoms with van der Waals surface area (Å²) in [4.78, 5) is 7.65. The first-order chi connectivity index (χ1) is 10.0. The number of halogens is 1. The van der Waals surface area contributed by atoms with E-state index in [1.54, 1.807) is 6.92 Å². The molecule has 1 aromatic heterocycles. The molecule has 0 aromatic carbocycles. The van der Waals surface area contributed by atoms with Crippen molar-refractivity contribution in [1.29, 1.82) is 0 Å². The molecule has 0 spiro atoms. The molecule has 1 saturated carbocycles. The fourth-order valence-electron chi connectivity index (χ4n) is 2.48. The fraction of sp³-hybridized carbons (Fsp3) is 0.692. The van der Waals surface area contributed by atoms with E-state index in [1.807, 2.05) is 0 Å². The number of sulfonamides is 1. The number of rotatable bonds is 5. The maximum absolute atomic E-state index is 14.0. The van der Waals surface area contributed by atoms with Gasteiger partial charge < -0.3 is 4.74 Å². The van der Waals surface area contributed by atoms with Gasteiger partial charge in [0.1, 0.15) is 12.4 Å². The van der Waals surface area contributed by atoms with Gasteiger partial charge in [0.2, 0.25) is 15.8 Å². The number of hydrogen-bond donors (Lipinski definition) is 0. The second-order valence-corrected chi connectivity index (χ2v) is 7.64. The molecule has 0 bridgehead atoms. The van der Waals surface area contributed by atoms with Crippen LogP contribution in [0.1, 0.15) is 31.9 Å². The van der Waals surface area contributed by atoms with Gasteiger partial charge >= 0.3 is 0 Å². The molecular formula is C13H18FN3O3S. The predicted molar refractivity (Wildman–Crippen MR) is 73.9 cm³/mol. The lowest BCUT2D eigenvalue weighted by Gasteiger charge is -2.17. The molecule has 1 aliphatic heterocycles. The zero-order chi connectivity index (χ0) is 15.0. The van der Waals surface area contributed by atoms with E-state index in [0.717, 1.165) is 12.8 Å². The molecule has 1 saturated heterocycles. The summed E-state index contributed by atoms with van der Waals surface area (Å²) in [6, 6.07) is 0. The van der Waals surface area contributed by atoms with E-state index >= 15 is 0 Å². The lowest BCUT2D eigenvalue weighted by molar-refractivity contribution is 0.195. The number of ether oxygens (including phenoxy) is 1. The van der Waals surface area contributed by atoms with Crippen molar-refractivity contribution in [3.8, 4) is 5.88 Å². The molecule has 0 amide bonds. The normalized spacial score (nSPS) is 23.4. The van der Waals surface area contributed by atoms with Gasteiger partial charge in [0.25, 0.3) is 5.88 Å². The van der Waals surface area contributed by atoms with Crippen molar-refractivity contribution < 1.29 is 17.5 Å². The van der Waals surface area contributed by atoms with Gasteiger partial charge in [0.05, 0.1) is 17.5 Å². The largest absolute Gasteiger partial charge is 0.471 e. The molecule has 21 heavy (non-hydrogen) atoms. The van der Waals surface area contributed by atoms with Crippen LogP contribution in [0.4, 0.5) is 4.39 Å². The third-order valence-corrected chi connectivity index (χ3v) is 6.22. The lowest BCUT2D eigenvalue weighted by atomic mass is 10.3. The summed E-state index contributed by atoms with van der Waals surface area (Å²) in [5, 5.41) is -0.223. The lowest BCUT2D eigenvalue weighted by Crippen LogP contribution is -2.33. The molecule has 2 heterocycles. The van der Waals surface area contributed by atoms with Crippen LogP contribution < -0.4 is 4.74 Å². The second kappa shape index (κ2) is 5.49. The van der Waals surface area contributed by atoms with Gasteiger partial charge in [-0.1, -0.05) is 6.92 Å². The highest BCUT2D eigenvalue weighted by atomic mass is 32.2. The minimum Gasteiger partial charge on any atom is -0.471 e. The van der Waals surface area contributed by atoms with Crippen molar-refractivity contribution >= 4 is 10.0 Å². The van der Waals surface area contributed by atoms with Gasteiger partial charge in [-0.25, -0.2) is 13.4 Å². The SMILES string of the molecule is CCc1ncnc(O[C@@H]2CCN(S(=O)(=O)C3CC3)C2)c1F. The van der Waals surface area contributed by atoms with Crippen LogP contribution in [0.2, 0.25) is 0 Å². The number of aromatic nitrogens is 2. The topological polar surface area (TPSA) is 72.4 Å². The number of hydrogen-bond acceptors (Lipinski definition) is 5. The molecule has 3 rings (SSSR count). The molecule has 8 heteroatoms. The first kappa shape index (κ1) is 14.6. The summed E-state index contributed by atoms with van der Waals surface area (Å²) >= 11 is 0. The number of aryl methyl sites for hydroxylation is 1. The van der Waals surface area contributed by atoms with Crippen molar-refractivity contribution in [3.05, 3.63) is 17.8 Å². The van der Waals surface area contributed by atoms with E-state index in [2.05, 4.69) is 9.97 Å². The van der Waals surface area contributed by atoms with E-state index in [0.29, 0.717) is 25.1 Å². The third-order valence-electron chi connectivity index (χ3n) is 3.86. The highest BCUT2D eigenvalue weighted by Gasteiger charge is 2.43. The van der Waals surface area contributed by atoms with Crippen LogP contribution in [0, 0.1) is 5.82 Å². The molecule has 6 nitrogen and oxygen atoms in total. The molecule has 2 fully saturated rings. The second-order valence-electron chi connectivity index (χ2n) is 5.42. The van der Waals surface area contributed by atoms with Crippen molar-refractivity contribution in [2.45, 2.75) is 44.0 Å². The minimum absolute atomic E-state index is 0.0856. The van der Waals surface area contributed by atoms with Crippen LogP contribution >= 0.6 is 0 Å². The van der Waals surface area contributed by atoms with Crippen molar-refractivity contribution in [2.75, 3.05) is 13.1 Å². The molecule has 116 valence electrons. The molecule has 0 N–H and O–H groups in total. The smallest absolute Gasteiger partial charge is 0.254 e. The molecule has 1 aromatic rings. The summed E-state index contributed by atoms with van der Waals surface area (Å²) in [7, 11) is -3.19. The zero-order valence-electron chi connectivity index (χ0n) is 11.8. The van der Waals surface area contributed by atoms with Crippen LogP contribution in [-0.2, 0) is 16.4 Å². The average Bonchev–Trinajstić information content (AvgIpc) is 3.22. The van der Waals surface area contributed by atoms with E-state index in [9.17, 15) is 12.8 Å². The first-order valence-corrected chi connectivity index (χ1v) is 8.67. The van der Waals surface area contributed by atoms with Crippen LogP contribution in [0.15, 0.2) is 6.33 Å². The van der Waals surface area contributed by atoms with Gasteiger partial charge in [0, 0.05) is 6.54 Å². The molecule has 1 aliphatic carbocycles. The van der Waals surface area contributed by atoms with E-state index in [4.69, 9.17) is 4.74 Å². The summed E-state index contributed by atoms with van der Waals surface area (Å²) in [5.74, 6) is -0.638. The van der Waals surface area contributed by atoms with E-state index in [-0.39, 0.29) is 23.8 Å². The summed E-state index contributed by atoms with van der Waals surface area (Å²) in [6.07, 6.45) is 3.40. The summed E-state index contributed by atoms with van der Waals surface area (Å²) in [6.45, 7) is 2.50. The third kappa shape index (κ3) is 2.87. The van der Waals surface area contributed by atoms with Gasteiger partial charge in [-0.3, -0.25) is 0 Å². The minimum atomic E-state index is -3.19. The predicted octanol–water partition coefficient (Wildman–Crippen LogP) is 1.12. The van der Waals surface area contributed by atoms with Crippen molar-refractivity contribution in [3.63, 3.8) is 0 Å². The molecule has 1 atom stereocenters. The molecule has 0 radical (unpaired) electrons. The Hall–Kier alpha value is -1.28. The summed E-state index contributed by atoms with van der Waals surface area (Å²) < 4.78 is 45.3. The van der Waals surface area contributed by atoms with Crippen LogP contribution in [0.5, 0.6) is 5.88 Å². The Morgan fingerprint density at radius 3 is 2.81 bits per heavy atom. The van der Waals surface area contributed by atoms with Crippen LogP contribution in [0.3, 0.4) is 0 Å². The Kier molecular flexibility index (Phi) is 3.83. The standard InChI is InChI=1S/C13H18FN3O3S/c1-2-11-12(14)13(16-8-15-11)20-9-5-6-17(7-9)21(18,19)10-3-4-10/h8-10H,2-7H2,1H3/t9-/m1/s1. The van der Waals surface area contributed by atoms with Gasteiger partial charge in [-0.2, -0.15) is 13.7 Å². The maximum Gasteiger partial charge on any atom is 0.254 e. The first-order valence-electron chi connectivity index (χ1n) is 7.17. The van der Waals surface area contributed by atoms with E-state index < -0.39 is 15.8 Å². The Labute approximate surface area is 123 Å². The van der Waals surface area contributed by atoms with Crippen molar-refractivity contribution in [2.24, 2.45) is 0 Å². The van der Waals surface area contributed by atoms with Crippen molar-refractivity contribution in [1.82, 2.24) is 14.3 Å². The van der Waals surface area contributed by atoms with Gasteiger partial charge in [-0.05, 0) is 25.7 Å². The Morgan fingerprint density at radius 2 is 2.14 bits per heavy atom. The molecular weight excluding hydrogens is 297 g/mol. The zero-order valence-corrected chi connectivity index (χ0v) is 12.6. The maximum atomic E-state index is 14.0. The quantitative estimate of drug-likeness (QED) is 0.814. The van der Waals surface area contributed by atoms with E-state index in [1.165, 1.54) is 10.6 Å². The fourth-order valence-corrected chi connectivity index (χ4v) is 4.36. The average molecular weight is 315 g/mol. The van der Waals surface area contributed by atoms with Gasteiger partial charge in [-0.15, -0.1) is 0 Å². The molecule has 2 aliphatic rings. The monoisotopic (exact) mass is 315 g/mol. The van der Waals surface area contributed by atoms with Crippen LogP contribution in [0.25, 0.3) is 0 Å². The highest BCUT2D eigenvalue weighted by molar-refractivity contribution is 7.90. The Bertz CT molecular complexity index is 634. The van der Waals surface area contributed by atoms with Crippen LogP contribution in [-0.4, -0.2) is 47.1 Å². The Balaban J connectivity index is 1.68. The summed E-state index contributed by atoms with van der Waals surface area (Å²) in [5.41, 5.74) is 0.306. The Morgan fingerprint density at radius 1 is 1.38 bits per heavy atom. The number of nitrogens with zero attached hydrogens (tertiary/aromatic N) is 3.